The van der Waals surface area contributed by atoms with Gasteiger partial charge in [0, 0.05) is 6.42 Å². The quantitative estimate of drug-likeness (QED) is 0.874. The van der Waals surface area contributed by atoms with Crippen molar-refractivity contribution in [3.63, 3.8) is 0 Å². The van der Waals surface area contributed by atoms with Gasteiger partial charge in [0.25, 0.3) is 5.56 Å². The molecule has 19 heavy (non-hydrogen) atoms. The number of carboxylic acid groups (broad SMARTS) is 1. The molecule has 5 heteroatoms. The molecule has 0 saturated heterocycles. The fourth-order valence-corrected chi connectivity index (χ4v) is 2.49. The van der Waals surface area contributed by atoms with Gasteiger partial charge in [0.15, 0.2) is 0 Å². The van der Waals surface area contributed by atoms with Gasteiger partial charge in [-0.05, 0) is 30.4 Å². The average molecular weight is 258 g/mol. The molecular weight excluding hydrogens is 244 g/mol. The Balaban J connectivity index is 1.94. The van der Waals surface area contributed by atoms with Gasteiger partial charge in [0.05, 0.1) is 17.3 Å². The predicted octanol–water partition coefficient (Wildman–Crippen LogP) is 1.72. The van der Waals surface area contributed by atoms with Crippen molar-refractivity contribution in [3.8, 4) is 0 Å². The molecule has 0 radical (unpaired) electrons. The third kappa shape index (κ3) is 2.36. The third-order valence-corrected chi connectivity index (χ3v) is 3.69. The number of fused-ring (bicyclic) bond motifs is 1. The summed E-state index contributed by atoms with van der Waals surface area (Å²) in [4.78, 5) is 29.9. The topological polar surface area (TPSA) is 83.0 Å². The molecule has 0 unspecified atom stereocenters. The first-order valence-corrected chi connectivity index (χ1v) is 6.28. The molecule has 1 saturated carbocycles. The second kappa shape index (κ2) is 4.19. The van der Waals surface area contributed by atoms with Crippen molar-refractivity contribution >= 4 is 16.9 Å². The highest BCUT2D eigenvalue weighted by Gasteiger charge is 2.45. The molecule has 2 N–H and O–H groups in total. The summed E-state index contributed by atoms with van der Waals surface area (Å²) in [6.45, 7) is 0. The molecule has 3 rings (SSSR count). The molecule has 98 valence electrons. The molecule has 0 bridgehead atoms. The maximum atomic E-state index is 11.9. The van der Waals surface area contributed by atoms with E-state index in [0.29, 0.717) is 23.1 Å². The number of benzene rings is 1. The molecule has 1 aliphatic carbocycles. The molecule has 0 spiro atoms. The van der Waals surface area contributed by atoms with E-state index in [1.54, 1.807) is 18.2 Å². The van der Waals surface area contributed by atoms with Gasteiger partial charge in [-0.25, -0.2) is 4.98 Å². The van der Waals surface area contributed by atoms with Gasteiger partial charge in [-0.1, -0.05) is 12.1 Å². The van der Waals surface area contributed by atoms with Crippen LogP contribution in [0.2, 0.25) is 0 Å². The normalized spacial score (nSPS) is 16.4. The van der Waals surface area contributed by atoms with Crippen molar-refractivity contribution in [1.29, 1.82) is 0 Å². The van der Waals surface area contributed by atoms with E-state index >= 15 is 0 Å². The summed E-state index contributed by atoms with van der Waals surface area (Å²) in [7, 11) is 0. The lowest BCUT2D eigenvalue weighted by Crippen LogP contribution is -2.17. The molecule has 1 aromatic carbocycles. The maximum Gasteiger partial charge on any atom is 0.303 e. The van der Waals surface area contributed by atoms with Crippen LogP contribution in [0.25, 0.3) is 10.9 Å². The van der Waals surface area contributed by atoms with Gasteiger partial charge in [-0.2, -0.15) is 0 Å². The van der Waals surface area contributed by atoms with E-state index in [2.05, 4.69) is 9.97 Å². The minimum Gasteiger partial charge on any atom is -0.481 e. The summed E-state index contributed by atoms with van der Waals surface area (Å²) in [5.41, 5.74) is 0.295. The van der Waals surface area contributed by atoms with Crippen LogP contribution in [0.3, 0.4) is 0 Å². The van der Waals surface area contributed by atoms with Gasteiger partial charge in [-0.15, -0.1) is 0 Å². The van der Waals surface area contributed by atoms with Gasteiger partial charge in [0.1, 0.15) is 5.82 Å². The molecule has 5 nitrogen and oxygen atoms in total. The Morgan fingerprint density at radius 1 is 1.37 bits per heavy atom. The summed E-state index contributed by atoms with van der Waals surface area (Å²) in [6.07, 6.45) is 2.44. The van der Waals surface area contributed by atoms with Gasteiger partial charge in [-0.3, -0.25) is 9.59 Å². The highest BCUT2D eigenvalue weighted by molar-refractivity contribution is 5.77. The van der Waals surface area contributed by atoms with E-state index in [1.807, 2.05) is 6.07 Å². The average Bonchev–Trinajstić information content (AvgIpc) is 3.07. The molecule has 0 amide bonds. The highest BCUT2D eigenvalue weighted by Crippen LogP contribution is 2.50. The van der Waals surface area contributed by atoms with Crippen LogP contribution >= 0.6 is 0 Å². The van der Waals surface area contributed by atoms with Crippen LogP contribution in [-0.4, -0.2) is 21.0 Å². The Kier molecular flexibility index (Phi) is 2.62. The highest BCUT2D eigenvalue weighted by atomic mass is 16.4. The second-order valence-electron chi connectivity index (χ2n) is 5.28. The van der Waals surface area contributed by atoms with Crippen LogP contribution in [0.1, 0.15) is 25.1 Å². The number of H-pyrrole nitrogens is 1. The number of carboxylic acids is 1. The number of hydrogen-bond acceptors (Lipinski definition) is 3. The number of carbonyl (C=O) groups is 1. The van der Waals surface area contributed by atoms with Crippen molar-refractivity contribution in [2.45, 2.75) is 25.7 Å². The van der Waals surface area contributed by atoms with Crippen molar-refractivity contribution in [1.82, 2.24) is 9.97 Å². The SMILES string of the molecule is O=C(O)CC1(Cc2nc3ccccc3c(=O)[nH]2)CC1. The Hall–Kier alpha value is -2.17. The minimum absolute atomic E-state index is 0.142. The molecular formula is C14H14N2O3. The number of rotatable bonds is 4. The number of para-hydroxylation sites is 1. The molecule has 1 aliphatic rings. The van der Waals surface area contributed by atoms with Gasteiger partial charge in [0.2, 0.25) is 0 Å². The van der Waals surface area contributed by atoms with Crippen LogP contribution in [0, 0.1) is 5.41 Å². The zero-order valence-electron chi connectivity index (χ0n) is 10.3. The lowest BCUT2D eigenvalue weighted by molar-refractivity contribution is -0.138. The van der Waals surface area contributed by atoms with Gasteiger partial charge < -0.3 is 10.1 Å². The van der Waals surface area contributed by atoms with E-state index in [-0.39, 0.29) is 17.4 Å². The van der Waals surface area contributed by atoms with Crippen molar-refractivity contribution in [2.75, 3.05) is 0 Å². The Morgan fingerprint density at radius 3 is 2.79 bits per heavy atom. The number of aromatic nitrogens is 2. The number of aromatic amines is 1. The first-order chi connectivity index (χ1) is 9.08. The van der Waals surface area contributed by atoms with Gasteiger partial charge >= 0.3 is 5.97 Å². The van der Waals surface area contributed by atoms with Crippen molar-refractivity contribution in [2.24, 2.45) is 5.41 Å². The monoisotopic (exact) mass is 258 g/mol. The van der Waals surface area contributed by atoms with E-state index < -0.39 is 5.97 Å². The zero-order chi connectivity index (χ0) is 13.5. The predicted molar refractivity (Wildman–Crippen MR) is 70.0 cm³/mol. The molecule has 1 fully saturated rings. The summed E-state index contributed by atoms with van der Waals surface area (Å²) < 4.78 is 0. The Bertz CT molecular complexity index is 701. The smallest absolute Gasteiger partial charge is 0.303 e. The largest absolute Gasteiger partial charge is 0.481 e. The van der Waals surface area contributed by atoms with E-state index in [9.17, 15) is 9.59 Å². The Morgan fingerprint density at radius 2 is 2.11 bits per heavy atom. The first-order valence-electron chi connectivity index (χ1n) is 6.28. The molecule has 0 atom stereocenters. The third-order valence-electron chi connectivity index (χ3n) is 3.69. The fourth-order valence-electron chi connectivity index (χ4n) is 2.49. The van der Waals surface area contributed by atoms with E-state index in [0.717, 1.165) is 12.8 Å². The summed E-state index contributed by atoms with van der Waals surface area (Å²) in [5.74, 6) is -0.205. The number of aliphatic carboxylic acids is 1. The fraction of sp³-hybridized carbons (Fsp3) is 0.357. The van der Waals surface area contributed by atoms with Crippen molar-refractivity contribution < 1.29 is 9.90 Å². The van der Waals surface area contributed by atoms with E-state index in [1.165, 1.54) is 0 Å². The van der Waals surface area contributed by atoms with Crippen molar-refractivity contribution in [3.05, 3.63) is 40.4 Å². The molecule has 1 aromatic heterocycles. The maximum absolute atomic E-state index is 11.9. The van der Waals surface area contributed by atoms with E-state index in [4.69, 9.17) is 5.11 Å². The molecule has 0 aliphatic heterocycles. The summed E-state index contributed by atoms with van der Waals surface area (Å²) in [6, 6.07) is 7.16. The zero-order valence-corrected chi connectivity index (χ0v) is 10.3. The second-order valence-corrected chi connectivity index (χ2v) is 5.28. The van der Waals surface area contributed by atoms with Crippen LogP contribution in [0.5, 0.6) is 0 Å². The standard InChI is InChI=1S/C14H14N2O3/c17-12(18)8-14(5-6-14)7-11-15-10-4-2-1-3-9(10)13(19)16-11/h1-4H,5-8H2,(H,17,18)(H,15,16,19). The van der Waals surface area contributed by atoms with Crippen LogP contribution in [0.15, 0.2) is 29.1 Å². The van der Waals surface area contributed by atoms with Crippen LogP contribution in [0.4, 0.5) is 0 Å². The minimum atomic E-state index is -0.791. The lowest BCUT2D eigenvalue weighted by Gasteiger charge is -2.11. The number of hydrogen-bond donors (Lipinski definition) is 2. The van der Waals surface area contributed by atoms with Crippen LogP contribution in [-0.2, 0) is 11.2 Å². The molecule has 1 heterocycles. The first kappa shape index (κ1) is 11.9. The molecule has 2 aromatic rings. The summed E-state index contributed by atoms with van der Waals surface area (Å²) >= 11 is 0. The van der Waals surface area contributed by atoms with Crippen LogP contribution < -0.4 is 5.56 Å². The Labute approximate surface area is 109 Å². The summed E-state index contributed by atoms with van der Waals surface area (Å²) in [5, 5.41) is 9.47. The number of nitrogens with zero attached hydrogens (tertiary/aromatic N) is 1. The lowest BCUT2D eigenvalue weighted by atomic mass is 9.98. The number of nitrogens with one attached hydrogen (secondary N) is 1.